The summed E-state index contributed by atoms with van der Waals surface area (Å²) in [5.74, 6) is 1.41. The van der Waals surface area contributed by atoms with E-state index in [0.717, 1.165) is 36.0 Å². The first-order valence-corrected chi connectivity index (χ1v) is 9.01. The van der Waals surface area contributed by atoms with Crippen molar-refractivity contribution in [3.63, 3.8) is 0 Å². The zero-order valence-corrected chi connectivity index (χ0v) is 16.6. The summed E-state index contributed by atoms with van der Waals surface area (Å²) in [6.45, 7) is 6.88. The number of rotatable bonds is 7. The first-order chi connectivity index (χ1) is 11.1. The van der Waals surface area contributed by atoms with E-state index in [9.17, 15) is 4.79 Å². The first kappa shape index (κ1) is 21.1. The van der Waals surface area contributed by atoms with Gasteiger partial charge in [-0.05, 0) is 50.9 Å². The summed E-state index contributed by atoms with van der Waals surface area (Å²) in [6, 6.07) is 3.99. The van der Waals surface area contributed by atoms with Crippen LogP contribution in [-0.2, 0) is 11.2 Å². The molecular weight excluding hydrogens is 396 g/mol. The Morgan fingerprint density at radius 3 is 2.54 bits per heavy atom. The fourth-order valence-corrected chi connectivity index (χ4v) is 3.14. The van der Waals surface area contributed by atoms with E-state index in [1.54, 1.807) is 0 Å². The van der Waals surface area contributed by atoms with Gasteiger partial charge in [0.15, 0.2) is 11.5 Å². The van der Waals surface area contributed by atoms with Gasteiger partial charge < -0.3 is 20.1 Å². The summed E-state index contributed by atoms with van der Waals surface area (Å²) >= 11 is 3.53. The molecule has 2 N–H and O–H groups in total. The van der Waals surface area contributed by atoms with E-state index in [-0.39, 0.29) is 24.4 Å². The van der Waals surface area contributed by atoms with Crippen molar-refractivity contribution in [3.05, 3.63) is 22.2 Å². The van der Waals surface area contributed by atoms with Gasteiger partial charge in [-0.25, -0.2) is 0 Å². The molecule has 1 aromatic rings. The van der Waals surface area contributed by atoms with Crippen LogP contribution in [0.5, 0.6) is 11.5 Å². The molecule has 1 fully saturated rings. The number of carbonyl (C=O) groups excluding carboxylic acids is 1. The smallest absolute Gasteiger partial charge is 0.224 e. The number of ether oxygens (including phenoxy) is 2. The van der Waals surface area contributed by atoms with Crippen LogP contribution in [0.15, 0.2) is 16.6 Å². The molecule has 2 rings (SSSR count). The van der Waals surface area contributed by atoms with Crippen LogP contribution in [0.25, 0.3) is 0 Å². The van der Waals surface area contributed by atoms with Gasteiger partial charge in [-0.1, -0.05) is 15.9 Å². The second-order valence-corrected chi connectivity index (χ2v) is 6.40. The molecule has 136 valence electrons. The van der Waals surface area contributed by atoms with E-state index in [0.29, 0.717) is 31.1 Å². The number of hydrogen-bond donors (Lipinski definition) is 2. The molecule has 1 atom stereocenters. The minimum absolute atomic E-state index is 0. The van der Waals surface area contributed by atoms with Gasteiger partial charge in [0.2, 0.25) is 5.91 Å². The highest BCUT2D eigenvalue weighted by Crippen LogP contribution is 2.34. The van der Waals surface area contributed by atoms with Crippen molar-refractivity contribution in [1.82, 2.24) is 10.6 Å². The van der Waals surface area contributed by atoms with Crippen LogP contribution in [0.1, 0.15) is 32.3 Å². The van der Waals surface area contributed by atoms with Crippen LogP contribution in [0, 0.1) is 0 Å². The van der Waals surface area contributed by atoms with Gasteiger partial charge in [0.05, 0.1) is 19.6 Å². The number of benzene rings is 1. The number of halogens is 2. The Balaban J connectivity index is 0.00000288. The maximum atomic E-state index is 12.3. The van der Waals surface area contributed by atoms with Gasteiger partial charge in [0.25, 0.3) is 0 Å². The first-order valence-electron chi connectivity index (χ1n) is 8.22. The highest BCUT2D eigenvalue weighted by molar-refractivity contribution is 9.10. The van der Waals surface area contributed by atoms with Crippen LogP contribution in [0.2, 0.25) is 0 Å². The number of piperidine rings is 1. The van der Waals surface area contributed by atoms with Crippen LogP contribution >= 0.6 is 28.3 Å². The van der Waals surface area contributed by atoms with Gasteiger partial charge in [-0.2, -0.15) is 0 Å². The fourth-order valence-electron chi connectivity index (χ4n) is 2.68. The van der Waals surface area contributed by atoms with Crippen LogP contribution in [0.4, 0.5) is 0 Å². The maximum absolute atomic E-state index is 12.3. The Labute approximate surface area is 158 Å². The highest BCUT2D eigenvalue weighted by atomic mass is 79.9. The Bertz CT molecular complexity index is 537. The summed E-state index contributed by atoms with van der Waals surface area (Å²) in [5, 5.41) is 6.39. The lowest BCUT2D eigenvalue weighted by atomic mass is 10.1. The maximum Gasteiger partial charge on any atom is 0.224 e. The zero-order valence-electron chi connectivity index (χ0n) is 14.2. The predicted molar refractivity (Wildman–Crippen MR) is 101 cm³/mol. The minimum atomic E-state index is 0. The Morgan fingerprint density at radius 2 is 1.96 bits per heavy atom. The molecule has 1 aliphatic rings. The Kier molecular flexibility index (Phi) is 9.48. The van der Waals surface area contributed by atoms with Crippen molar-refractivity contribution in [2.75, 3.05) is 26.3 Å². The van der Waals surface area contributed by atoms with Gasteiger partial charge in [0.1, 0.15) is 0 Å². The van der Waals surface area contributed by atoms with Crippen LogP contribution in [-0.4, -0.2) is 38.3 Å². The number of amides is 1. The Morgan fingerprint density at radius 1 is 1.29 bits per heavy atom. The van der Waals surface area contributed by atoms with Crippen molar-refractivity contribution in [2.24, 2.45) is 0 Å². The molecule has 1 aromatic carbocycles. The molecule has 1 heterocycles. The van der Waals surface area contributed by atoms with Crippen LogP contribution < -0.4 is 20.1 Å². The zero-order chi connectivity index (χ0) is 16.7. The van der Waals surface area contributed by atoms with Crippen molar-refractivity contribution >= 4 is 34.2 Å². The molecule has 5 nitrogen and oxygen atoms in total. The van der Waals surface area contributed by atoms with Crippen molar-refractivity contribution in [2.45, 2.75) is 39.2 Å². The standard InChI is InChI=1S/C17H25BrN2O3.ClH/c1-3-22-15-8-12(14(18)10-16(15)23-4-2)9-17(21)20-13-6-5-7-19-11-13;/h8,10,13,19H,3-7,9,11H2,1-2H3,(H,20,21);1H/t13-;/m0./s1. The van der Waals surface area contributed by atoms with Crippen molar-refractivity contribution in [3.8, 4) is 11.5 Å². The topological polar surface area (TPSA) is 59.6 Å². The van der Waals surface area contributed by atoms with E-state index in [1.165, 1.54) is 0 Å². The largest absolute Gasteiger partial charge is 0.490 e. The molecule has 1 aliphatic heterocycles. The molecule has 0 aliphatic carbocycles. The molecule has 7 heteroatoms. The lowest BCUT2D eigenvalue weighted by molar-refractivity contribution is -0.121. The lowest BCUT2D eigenvalue weighted by Gasteiger charge is -2.24. The Hall–Kier alpha value is -0.980. The molecule has 1 saturated heterocycles. The third kappa shape index (κ3) is 6.15. The van der Waals surface area contributed by atoms with E-state index < -0.39 is 0 Å². The normalized spacial score (nSPS) is 16.9. The predicted octanol–water partition coefficient (Wildman–Crippen LogP) is 3.08. The highest BCUT2D eigenvalue weighted by Gasteiger charge is 2.17. The average molecular weight is 422 g/mol. The summed E-state index contributed by atoms with van der Waals surface area (Å²) < 4.78 is 12.1. The van der Waals surface area contributed by atoms with E-state index >= 15 is 0 Å². The average Bonchev–Trinajstić information content (AvgIpc) is 2.53. The second-order valence-electron chi connectivity index (χ2n) is 5.54. The van der Waals surface area contributed by atoms with Gasteiger partial charge in [-0.15, -0.1) is 12.4 Å². The summed E-state index contributed by atoms with van der Waals surface area (Å²) in [7, 11) is 0. The third-order valence-corrected chi connectivity index (χ3v) is 4.46. The summed E-state index contributed by atoms with van der Waals surface area (Å²) in [6.07, 6.45) is 2.46. The van der Waals surface area contributed by atoms with Crippen LogP contribution in [0.3, 0.4) is 0 Å². The SMILES string of the molecule is CCOc1cc(Br)c(CC(=O)N[C@H]2CCCNC2)cc1OCC.Cl. The van der Waals surface area contributed by atoms with Crippen molar-refractivity contribution in [1.29, 1.82) is 0 Å². The van der Waals surface area contributed by atoms with E-state index in [4.69, 9.17) is 9.47 Å². The van der Waals surface area contributed by atoms with Crippen molar-refractivity contribution < 1.29 is 14.3 Å². The minimum Gasteiger partial charge on any atom is -0.490 e. The molecule has 0 unspecified atom stereocenters. The molecule has 1 amide bonds. The molecule has 0 bridgehead atoms. The molecule has 24 heavy (non-hydrogen) atoms. The summed E-state index contributed by atoms with van der Waals surface area (Å²) in [5.41, 5.74) is 0.901. The molecule has 0 spiro atoms. The van der Waals surface area contributed by atoms with Gasteiger partial charge in [-0.3, -0.25) is 4.79 Å². The third-order valence-electron chi connectivity index (χ3n) is 3.73. The number of nitrogens with one attached hydrogen (secondary N) is 2. The molecule has 0 radical (unpaired) electrons. The van der Waals surface area contributed by atoms with E-state index in [1.807, 2.05) is 26.0 Å². The molecular formula is C17H26BrClN2O3. The number of hydrogen-bond acceptors (Lipinski definition) is 4. The fraction of sp³-hybridized carbons (Fsp3) is 0.588. The number of carbonyl (C=O) groups is 1. The van der Waals surface area contributed by atoms with E-state index in [2.05, 4.69) is 26.6 Å². The van der Waals surface area contributed by atoms with Gasteiger partial charge in [0, 0.05) is 17.1 Å². The quantitative estimate of drug-likeness (QED) is 0.710. The molecule has 0 aromatic heterocycles. The molecule has 0 saturated carbocycles. The summed E-state index contributed by atoms with van der Waals surface area (Å²) in [4.78, 5) is 12.3. The lowest BCUT2D eigenvalue weighted by Crippen LogP contribution is -2.46. The van der Waals surface area contributed by atoms with Gasteiger partial charge >= 0.3 is 0 Å². The second kappa shape index (κ2) is 10.8. The monoisotopic (exact) mass is 420 g/mol.